The number of ether oxygens (including phenoxy) is 5. The van der Waals surface area contributed by atoms with E-state index in [0.717, 1.165) is 57.0 Å². The predicted molar refractivity (Wildman–Crippen MR) is 304 cm³/mol. The molecule has 7 atom stereocenters. The van der Waals surface area contributed by atoms with Crippen LogP contribution in [0.2, 0.25) is 51.4 Å². The van der Waals surface area contributed by atoms with Gasteiger partial charge in [-0.3, -0.25) is 9.59 Å². The topological polar surface area (TPSA) is 133 Å². The van der Waals surface area contributed by atoms with Gasteiger partial charge in [-0.1, -0.05) is 253 Å². The number of carbonyl (C=O) groups is 2. The number of esters is 1. The van der Waals surface area contributed by atoms with Gasteiger partial charge < -0.3 is 39.2 Å². The fraction of sp³-hybridized carbons (Fsp3) is 0.966. The van der Waals surface area contributed by atoms with E-state index in [4.69, 9.17) is 23.7 Å². The van der Waals surface area contributed by atoms with Crippen LogP contribution in [0, 0.1) is 5.92 Å². The lowest BCUT2D eigenvalue weighted by atomic mass is 9.91. The first-order valence-corrected chi connectivity index (χ1v) is 37.8. The molecule has 3 N–H and O–H groups in total. The van der Waals surface area contributed by atoms with Crippen LogP contribution in [0.4, 0.5) is 0 Å². The SMILES string of the molecule is CCCCCCCCCCCCCC[C@H](CCCCCCCCCCC)CC(=O)O[C@H]1[C@H](O)[C@@H](CO)O[C@H](OCC[Si](C)(C)C)[C@H]1NC(=O)C[C@@H](CCCCCCCCCCC)OCOCC[Si](C)(C)C. The Kier molecular flexibility index (Phi) is 42.5. The van der Waals surface area contributed by atoms with E-state index in [1.807, 2.05) is 0 Å². The second kappa shape index (κ2) is 44.3. The Morgan fingerprint density at radius 1 is 0.563 bits per heavy atom. The Morgan fingerprint density at radius 3 is 1.39 bits per heavy atom. The summed E-state index contributed by atoms with van der Waals surface area (Å²) in [6.45, 7) is 21.3. The summed E-state index contributed by atoms with van der Waals surface area (Å²) < 4.78 is 31.1. The summed E-state index contributed by atoms with van der Waals surface area (Å²) >= 11 is 0. The number of aliphatic hydroxyl groups is 2. The summed E-state index contributed by atoms with van der Waals surface area (Å²) in [5.74, 6) is -0.481. The van der Waals surface area contributed by atoms with Crippen molar-refractivity contribution in [1.29, 1.82) is 0 Å². The van der Waals surface area contributed by atoms with Crippen molar-refractivity contribution in [3.8, 4) is 0 Å². The van der Waals surface area contributed by atoms with Gasteiger partial charge in [0.15, 0.2) is 12.4 Å². The molecule has 71 heavy (non-hydrogen) atoms. The fourth-order valence-electron chi connectivity index (χ4n) is 9.75. The first-order chi connectivity index (χ1) is 34.1. The van der Waals surface area contributed by atoms with Crippen molar-refractivity contribution in [3.05, 3.63) is 0 Å². The minimum atomic E-state index is -1.51. The molecule has 1 saturated heterocycles. The number of aliphatic hydroxyl groups excluding tert-OH is 2. The third-order valence-electron chi connectivity index (χ3n) is 14.6. The third-order valence-corrected chi connectivity index (χ3v) is 18.1. The lowest BCUT2D eigenvalue weighted by Gasteiger charge is -2.44. The zero-order valence-corrected chi connectivity index (χ0v) is 50.3. The minimum Gasteiger partial charge on any atom is -0.457 e. The average molecular weight is 1040 g/mol. The number of hydrogen-bond donors (Lipinski definition) is 3. The molecule has 0 saturated carbocycles. The van der Waals surface area contributed by atoms with Crippen LogP contribution in [0.25, 0.3) is 0 Å². The van der Waals surface area contributed by atoms with Crippen molar-refractivity contribution in [2.75, 3.05) is 26.6 Å². The lowest BCUT2D eigenvalue weighted by Crippen LogP contribution is -2.66. The smallest absolute Gasteiger partial charge is 0.306 e. The van der Waals surface area contributed by atoms with Gasteiger partial charge in [0.25, 0.3) is 0 Å². The van der Waals surface area contributed by atoms with Crippen LogP contribution in [-0.2, 0) is 33.3 Å². The highest BCUT2D eigenvalue weighted by molar-refractivity contribution is 6.76. The van der Waals surface area contributed by atoms with Crippen LogP contribution in [0.15, 0.2) is 0 Å². The molecule has 0 radical (unpaired) electrons. The quantitative estimate of drug-likeness (QED) is 0.0236. The second-order valence-electron chi connectivity index (χ2n) is 24.3. The number of carbonyl (C=O) groups excluding carboxylic acids is 2. The summed E-state index contributed by atoms with van der Waals surface area (Å²) in [5, 5.41) is 25.3. The first-order valence-electron chi connectivity index (χ1n) is 30.4. The van der Waals surface area contributed by atoms with Gasteiger partial charge in [0, 0.05) is 35.8 Å². The molecule has 0 aromatic carbocycles. The van der Waals surface area contributed by atoms with Crippen LogP contribution in [0.5, 0.6) is 0 Å². The van der Waals surface area contributed by atoms with Gasteiger partial charge in [0.05, 0.1) is 19.1 Å². The maximum atomic E-state index is 14.2. The zero-order valence-electron chi connectivity index (χ0n) is 48.3. The molecule has 1 aliphatic heterocycles. The summed E-state index contributed by atoms with van der Waals surface area (Å²) in [4.78, 5) is 28.4. The van der Waals surface area contributed by atoms with Crippen molar-refractivity contribution >= 4 is 28.0 Å². The molecule has 0 unspecified atom stereocenters. The number of hydrogen-bond acceptors (Lipinski definition) is 9. The highest BCUT2D eigenvalue weighted by atomic mass is 28.3. The van der Waals surface area contributed by atoms with E-state index in [1.165, 1.54) is 167 Å². The van der Waals surface area contributed by atoms with Gasteiger partial charge in [0.2, 0.25) is 5.91 Å². The summed E-state index contributed by atoms with van der Waals surface area (Å²) in [6, 6.07) is 0.924. The average Bonchev–Trinajstić information content (AvgIpc) is 3.31. The van der Waals surface area contributed by atoms with Crippen molar-refractivity contribution in [2.45, 2.75) is 334 Å². The van der Waals surface area contributed by atoms with E-state index in [-0.39, 0.29) is 43.5 Å². The fourth-order valence-corrected chi connectivity index (χ4v) is 11.2. The van der Waals surface area contributed by atoms with Crippen LogP contribution < -0.4 is 5.32 Å². The number of nitrogens with one attached hydrogen (secondary N) is 1. The minimum absolute atomic E-state index is 0.0899. The summed E-state index contributed by atoms with van der Waals surface area (Å²) in [6.07, 6.45) is 35.9. The van der Waals surface area contributed by atoms with Crippen LogP contribution in [0.3, 0.4) is 0 Å². The van der Waals surface area contributed by atoms with E-state index in [0.29, 0.717) is 13.2 Å². The molecule has 10 nitrogen and oxygen atoms in total. The van der Waals surface area contributed by atoms with Crippen molar-refractivity contribution in [1.82, 2.24) is 5.32 Å². The second-order valence-corrected chi connectivity index (χ2v) is 35.5. The van der Waals surface area contributed by atoms with Crippen LogP contribution >= 0.6 is 0 Å². The molecular weight excluding hydrogens is 923 g/mol. The Morgan fingerprint density at radius 2 is 0.972 bits per heavy atom. The van der Waals surface area contributed by atoms with E-state index >= 15 is 0 Å². The van der Waals surface area contributed by atoms with Crippen LogP contribution in [-0.4, -0.2) is 102 Å². The highest BCUT2D eigenvalue weighted by Gasteiger charge is 2.49. The number of rotatable bonds is 50. The number of unbranched alkanes of at least 4 members (excludes halogenated alkanes) is 27. The zero-order chi connectivity index (χ0) is 52.4. The van der Waals surface area contributed by atoms with E-state index in [1.54, 1.807) is 0 Å². The largest absolute Gasteiger partial charge is 0.457 e. The van der Waals surface area contributed by atoms with E-state index in [2.05, 4.69) is 65.4 Å². The van der Waals surface area contributed by atoms with Crippen molar-refractivity contribution in [3.63, 3.8) is 0 Å². The molecule has 1 rings (SSSR count). The Bertz CT molecular complexity index is 1230. The molecule has 422 valence electrons. The lowest BCUT2D eigenvalue weighted by molar-refractivity contribution is -0.272. The Hall–Kier alpha value is -0.866. The van der Waals surface area contributed by atoms with Crippen LogP contribution in [0.1, 0.15) is 245 Å². The molecule has 0 aromatic rings. The maximum Gasteiger partial charge on any atom is 0.306 e. The normalized spacial score (nSPS) is 19.5. The van der Waals surface area contributed by atoms with Crippen molar-refractivity contribution in [2.24, 2.45) is 5.92 Å². The molecule has 0 spiro atoms. The Balaban J connectivity index is 3.15. The molecule has 1 aliphatic rings. The van der Waals surface area contributed by atoms with Gasteiger partial charge in [0.1, 0.15) is 25.0 Å². The standard InChI is InChI=1S/C59H119NO9Si2/c1-10-13-16-19-22-25-26-27-30-32-35-38-41-51(40-37-34-31-28-23-20-17-14-11-2)47-55(63)69-58-56(59(66-44-46-71(7,8)9)68-53(49-61)57(58)64)60-54(62)48-52(67-50-65-43-45-70(4,5)6)42-39-36-33-29-24-21-18-15-12-3/h51-53,56-59,61,64H,10-50H2,1-9H3,(H,60,62)/t51-,52+,53+,56-,57+,58+,59-/m0/s1. The molecular formula is C59H119NO9Si2. The van der Waals surface area contributed by atoms with Gasteiger partial charge in [-0.05, 0) is 37.3 Å². The molecule has 1 fully saturated rings. The highest BCUT2D eigenvalue weighted by Crippen LogP contribution is 2.29. The molecule has 0 aliphatic carbocycles. The number of amides is 1. The summed E-state index contributed by atoms with van der Waals surface area (Å²) in [5.41, 5.74) is 0. The molecule has 0 bridgehead atoms. The monoisotopic (exact) mass is 1040 g/mol. The van der Waals surface area contributed by atoms with Gasteiger partial charge in [-0.2, -0.15) is 0 Å². The molecule has 12 heteroatoms. The first kappa shape index (κ1) is 68.1. The summed E-state index contributed by atoms with van der Waals surface area (Å²) in [7, 11) is -2.78. The Labute approximate surface area is 441 Å². The van der Waals surface area contributed by atoms with Crippen molar-refractivity contribution < 1.29 is 43.5 Å². The van der Waals surface area contributed by atoms with Gasteiger partial charge in [-0.25, -0.2) is 0 Å². The van der Waals surface area contributed by atoms with E-state index in [9.17, 15) is 19.8 Å². The third kappa shape index (κ3) is 39.2. The molecule has 1 heterocycles. The van der Waals surface area contributed by atoms with E-state index < -0.39 is 53.4 Å². The molecule has 1 amide bonds. The van der Waals surface area contributed by atoms with Gasteiger partial charge in [-0.15, -0.1) is 0 Å². The maximum absolute atomic E-state index is 14.2. The molecule has 0 aromatic heterocycles. The predicted octanol–water partition coefficient (Wildman–Crippen LogP) is 15.8. The van der Waals surface area contributed by atoms with Gasteiger partial charge >= 0.3 is 5.97 Å².